The van der Waals surface area contributed by atoms with E-state index in [1.165, 1.54) is 12.8 Å². The van der Waals surface area contributed by atoms with Gasteiger partial charge in [-0.15, -0.1) is 0 Å². The Morgan fingerprint density at radius 1 is 1.31 bits per heavy atom. The molecule has 0 radical (unpaired) electrons. The molecule has 0 bridgehead atoms. The molecule has 0 saturated heterocycles. The van der Waals surface area contributed by atoms with E-state index in [1.807, 2.05) is 0 Å². The van der Waals surface area contributed by atoms with Crippen LogP contribution in [0.15, 0.2) is 0 Å². The molecule has 0 heteroatoms. The van der Waals surface area contributed by atoms with Crippen LogP contribution in [-0.4, -0.2) is 0 Å². The molecule has 0 aromatic rings. The third-order valence-electron chi connectivity index (χ3n) is 5.02. The summed E-state index contributed by atoms with van der Waals surface area (Å²) in [6, 6.07) is 0. The van der Waals surface area contributed by atoms with E-state index >= 15 is 0 Å². The van der Waals surface area contributed by atoms with Gasteiger partial charge < -0.3 is 0 Å². The standard InChI is InChI=1S/C13H24/c1-9(2)7-11(3,4)13-8-10(13)12(13,5)6/h9-10H,7-8H2,1-6H3. The zero-order valence-electron chi connectivity index (χ0n) is 10.1. The molecule has 76 valence electrons. The third kappa shape index (κ3) is 0.926. The monoisotopic (exact) mass is 180 g/mol. The first-order valence-electron chi connectivity index (χ1n) is 5.76. The van der Waals surface area contributed by atoms with Crippen LogP contribution in [0.5, 0.6) is 0 Å². The van der Waals surface area contributed by atoms with Crippen LogP contribution in [0.2, 0.25) is 0 Å². The first-order valence-corrected chi connectivity index (χ1v) is 5.76. The van der Waals surface area contributed by atoms with Gasteiger partial charge in [-0.1, -0.05) is 41.5 Å². The van der Waals surface area contributed by atoms with E-state index in [1.54, 1.807) is 0 Å². The van der Waals surface area contributed by atoms with Crippen molar-refractivity contribution < 1.29 is 0 Å². The smallest absolute Gasteiger partial charge is 0.0155 e. The maximum absolute atomic E-state index is 2.49. The van der Waals surface area contributed by atoms with E-state index < -0.39 is 0 Å². The summed E-state index contributed by atoms with van der Waals surface area (Å²) in [5.41, 5.74) is 1.99. The van der Waals surface area contributed by atoms with Crippen LogP contribution >= 0.6 is 0 Å². The highest BCUT2D eigenvalue weighted by molar-refractivity contribution is 5.35. The van der Waals surface area contributed by atoms with Crippen LogP contribution in [0.3, 0.4) is 0 Å². The molecular weight excluding hydrogens is 156 g/mol. The van der Waals surface area contributed by atoms with E-state index in [0.29, 0.717) is 10.8 Å². The second-order valence-electron chi connectivity index (χ2n) is 6.93. The maximum atomic E-state index is 2.49. The molecule has 2 saturated carbocycles. The highest BCUT2D eigenvalue weighted by Gasteiger charge is 2.87. The topological polar surface area (TPSA) is 0 Å². The van der Waals surface area contributed by atoms with Crippen molar-refractivity contribution in [2.24, 2.45) is 28.1 Å². The van der Waals surface area contributed by atoms with E-state index in [2.05, 4.69) is 41.5 Å². The summed E-state index contributed by atoms with van der Waals surface area (Å²) in [4.78, 5) is 0. The van der Waals surface area contributed by atoms with Crippen molar-refractivity contribution in [3.8, 4) is 0 Å². The van der Waals surface area contributed by atoms with Crippen LogP contribution < -0.4 is 0 Å². The molecule has 0 nitrogen and oxygen atoms in total. The Kier molecular flexibility index (Phi) is 1.58. The summed E-state index contributed by atoms with van der Waals surface area (Å²) in [5, 5.41) is 0. The fraction of sp³-hybridized carbons (Fsp3) is 1.00. The maximum Gasteiger partial charge on any atom is -0.0155 e. The minimum Gasteiger partial charge on any atom is -0.0628 e. The molecule has 2 unspecified atom stereocenters. The van der Waals surface area contributed by atoms with Gasteiger partial charge in [0.1, 0.15) is 0 Å². The largest absolute Gasteiger partial charge is 0.0628 e. The summed E-state index contributed by atoms with van der Waals surface area (Å²) in [6.45, 7) is 14.6. The van der Waals surface area contributed by atoms with Gasteiger partial charge in [0.05, 0.1) is 0 Å². The summed E-state index contributed by atoms with van der Waals surface area (Å²) in [7, 11) is 0. The zero-order valence-corrected chi connectivity index (χ0v) is 10.1. The van der Waals surface area contributed by atoms with Crippen LogP contribution in [0.25, 0.3) is 0 Å². The first kappa shape index (κ1) is 9.55. The number of rotatable bonds is 3. The lowest BCUT2D eigenvalue weighted by Crippen LogP contribution is -2.27. The molecular formula is C13H24. The lowest BCUT2D eigenvalue weighted by Gasteiger charge is -2.35. The predicted molar refractivity (Wildman–Crippen MR) is 57.6 cm³/mol. The number of hydrogen-bond donors (Lipinski definition) is 0. The van der Waals surface area contributed by atoms with Crippen molar-refractivity contribution in [3.05, 3.63) is 0 Å². The average Bonchev–Trinajstić information content (AvgIpc) is 2.67. The Morgan fingerprint density at radius 3 is 2.00 bits per heavy atom. The Labute approximate surface area is 83.1 Å². The van der Waals surface area contributed by atoms with Gasteiger partial charge in [-0.3, -0.25) is 0 Å². The zero-order chi connectivity index (χ0) is 10.1. The molecule has 0 spiro atoms. The lowest BCUT2D eigenvalue weighted by molar-refractivity contribution is 0.139. The molecule has 0 aromatic heterocycles. The Hall–Kier alpha value is 0. The van der Waals surface area contributed by atoms with Crippen molar-refractivity contribution in [2.75, 3.05) is 0 Å². The van der Waals surface area contributed by atoms with Gasteiger partial charge in [0, 0.05) is 0 Å². The number of fused-ring (bicyclic) bond motifs is 1. The molecule has 0 aromatic carbocycles. The van der Waals surface area contributed by atoms with Crippen LogP contribution in [-0.2, 0) is 0 Å². The fourth-order valence-electron chi connectivity index (χ4n) is 4.44. The van der Waals surface area contributed by atoms with Gasteiger partial charge >= 0.3 is 0 Å². The van der Waals surface area contributed by atoms with Crippen LogP contribution in [0.4, 0.5) is 0 Å². The van der Waals surface area contributed by atoms with Crippen LogP contribution in [0.1, 0.15) is 54.4 Å². The van der Waals surface area contributed by atoms with Gasteiger partial charge in [-0.25, -0.2) is 0 Å². The van der Waals surface area contributed by atoms with E-state index in [0.717, 1.165) is 17.3 Å². The summed E-state index contributed by atoms with van der Waals surface area (Å²) >= 11 is 0. The van der Waals surface area contributed by atoms with E-state index in [-0.39, 0.29) is 0 Å². The van der Waals surface area contributed by atoms with Gasteiger partial charge in [0.15, 0.2) is 0 Å². The molecule has 0 amide bonds. The Morgan fingerprint density at radius 2 is 1.77 bits per heavy atom. The Bertz CT molecular complexity index is 234. The fourth-order valence-corrected chi connectivity index (χ4v) is 4.44. The van der Waals surface area contributed by atoms with Crippen molar-refractivity contribution in [1.82, 2.24) is 0 Å². The predicted octanol–water partition coefficient (Wildman–Crippen LogP) is 4.10. The van der Waals surface area contributed by atoms with E-state index in [9.17, 15) is 0 Å². The van der Waals surface area contributed by atoms with Gasteiger partial charge in [-0.05, 0) is 40.9 Å². The second-order valence-corrected chi connectivity index (χ2v) is 6.93. The molecule has 2 aliphatic carbocycles. The van der Waals surface area contributed by atoms with Gasteiger partial charge in [0.2, 0.25) is 0 Å². The SMILES string of the molecule is CC(C)CC(C)(C)C12CC1C2(C)C. The summed E-state index contributed by atoms with van der Waals surface area (Å²) in [6.07, 6.45) is 2.91. The minimum absolute atomic E-state index is 0.579. The van der Waals surface area contributed by atoms with Gasteiger partial charge in [-0.2, -0.15) is 0 Å². The third-order valence-corrected chi connectivity index (χ3v) is 5.02. The molecule has 0 aliphatic heterocycles. The van der Waals surface area contributed by atoms with Crippen molar-refractivity contribution in [2.45, 2.75) is 54.4 Å². The number of hydrogen-bond acceptors (Lipinski definition) is 0. The normalized spacial score (nSPS) is 40.4. The van der Waals surface area contributed by atoms with E-state index in [4.69, 9.17) is 0 Å². The second kappa shape index (κ2) is 2.15. The molecule has 0 heterocycles. The quantitative estimate of drug-likeness (QED) is 0.613. The molecule has 2 fully saturated rings. The van der Waals surface area contributed by atoms with Crippen LogP contribution in [0, 0.1) is 28.1 Å². The molecule has 0 N–H and O–H groups in total. The van der Waals surface area contributed by atoms with Crippen molar-refractivity contribution in [3.63, 3.8) is 0 Å². The lowest BCUT2D eigenvalue weighted by atomic mass is 9.69. The molecule has 13 heavy (non-hydrogen) atoms. The first-order chi connectivity index (χ1) is 5.76. The van der Waals surface area contributed by atoms with Gasteiger partial charge in [0.25, 0.3) is 0 Å². The highest BCUT2D eigenvalue weighted by Crippen LogP contribution is 2.93. The highest BCUT2D eigenvalue weighted by atomic mass is 14.9. The van der Waals surface area contributed by atoms with Crippen molar-refractivity contribution in [1.29, 1.82) is 0 Å². The molecule has 2 aliphatic rings. The average molecular weight is 180 g/mol. The summed E-state index contributed by atoms with van der Waals surface area (Å²) < 4.78 is 0. The molecule has 2 atom stereocenters. The molecule has 2 rings (SSSR count). The minimum atomic E-state index is 0.579. The van der Waals surface area contributed by atoms with Crippen molar-refractivity contribution >= 4 is 0 Å². The Balaban J connectivity index is 2.10. The summed E-state index contributed by atoms with van der Waals surface area (Å²) in [5.74, 6) is 1.91.